The summed E-state index contributed by atoms with van der Waals surface area (Å²) >= 11 is 0. The number of fused-ring (bicyclic) bond motifs is 3. The summed E-state index contributed by atoms with van der Waals surface area (Å²) in [6.07, 6.45) is 1.97. The van der Waals surface area contributed by atoms with Crippen LogP contribution in [0.2, 0.25) is 18.1 Å². The van der Waals surface area contributed by atoms with Crippen LogP contribution in [-0.2, 0) is 42.4 Å². The van der Waals surface area contributed by atoms with Crippen LogP contribution < -0.4 is 0 Å². The lowest BCUT2D eigenvalue weighted by atomic mass is 9.86. The Morgan fingerprint density at radius 2 is 1.52 bits per heavy atom. The Balaban J connectivity index is 1.69. The van der Waals surface area contributed by atoms with E-state index in [1.54, 1.807) is 0 Å². The molecule has 4 saturated heterocycles. The van der Waals surface area contributed by atoms with Crippen LogP contribution in [0.15, 0.2) is 0 Å². The molecular formula is C30H54O9Si. The number of hydrogen-bond donors (Lipinski definition) is 0. The molecule has 0 spiro atoms. The number of esters is 1. The third kappa shape index (κ3) is 6.20. The van der Waals surface area contributed by atoms with Crippen molar-refractivity contribution in [3.63, 3.8) is 0 Å². The predicted octanol–water partition coefficient (Wildman–Crippen LogP) is 5.49. The fourth-order valence-electron chi connectivity index (χ4n) is 6.27. The lowest BCUT2D eigenvalue weighted by Gasteiger charge is -2.50. The smallest absolute Gasteiger partial charge is 0.308 e. The van der Waals surface area contributed by atoms with Crippen LogP contribution in [-0.4, -0.2) is 88.4 Å². The third-order valence-corrected chi connectivity index (χ3v) is 14.5. The maximum absolute atomic E-state index is 12.0. The first kappa shape index (κ1) is 32.3. The molecule has 4 aliphatic rings. The zero-order chi connectivity index (χ0) is 29.5. The van der Waals surface area contributed by atoms with E-state index in [0.717, 1.165) is 19.3 Å². The number of ether oxygens (including phenoxy) is 7. The summed E-state index contributed by atoms with van der Waals surface area (Å²) in [5.74, 6) is -1.61. The van der Waals surface area contributed by atoms with Gasteiger partial charge in [0.1, 0.15) is 36.6 Å². The Hall–Kier alpha value is -0.593. The molecule has 4 heterocycles. The highest BCUT2D eigenvalue weighted by molar-refractivity contribution is 6.74. The highest BCUT2D eigenvalue weighted by atomic mass is 28.4. The fourth-order valence-corrected chi connectivity index (χ4v) is 7.59. The van der Waals surface area contributed by atoms with Gasteiger partial charge >= 0.3 is 5.97 Å². The van der Waals surface area contributed by atoms with Crippen LogP contribution in [0.4, 0.5) is 0 Å². The summed E-state index contributed by atoms with van der Waals surface area (Å²) in [5.41, 5.74) is 0. The van der Waals surface area contributed by atoms with Crippen molar-refractivity contribution >= 4 is 14.3 Å². The van der Waals surface area contributed by atoms with Gasteiger partial charge < -0.3 is 37.6 Å². The zero-order valence-electron chi connectivity index (χ0n) is 26.4. The van der Waals surface area contributed by atoms with Crippen molar-refractivity contribution in [1.29, 1.82) is 0 Å². The van der Waals surface area contributed by atoms with E-state index < -0.39 is 38.2 Å². The van der Waals surface area contributed by atoms with Crippen molar-refractivity contribution in [2.75, 3.05) is 13.7 Å². The summed E-state index contributed by atoms with van der Waals surface area (Å²) in [6, 6.07) is 0. The van der Waals surface area contributed by atoms with E-state index in [2.05, 4.69) is 61.6 Å². The second-order valence-corrected chi connectivity index (χ2v) is 18.2. The monoisotopic (exact) mass is 586 g/mol. The second kappa shape index (κ2) is 12.2. The molecule has 0 N–H and O–H groups in total. The summed E-state index contributed by atoms with van der Waals surface area (Å²) < 4.78 is 52.2. The van der Waals surface area contributed by atoms with E-state index in [1.807, 2.05) is 0 Å². The van der Waals surface area contributed by atoms with Crippen molar-refractivity contribution < 1.29 is 42.4 Å². The first-order chi connectivity index (χ1) is 18.8. The maximum Gasteiger partial charge on any atom is 0.308 e. The molecular weight excluding hydrogens is 532 g/mol. The summed E-state index contributed by atoms with van der Waals surface area (Å²) in [4.78, 5) is 12.0. The van der Waals surface area contributed by atoms with E-state index in [0.29, 0.717) is 25.9 Å². The fraction of sp³-hybridized carbons (Fsp3) is 0.967. The Bertz CT molecular complexity index is 866. The molecule has 0 aromatic heterocycles. The van der Waals surface area contributed by atoms with Crippen LogP contribution in [0.1, 0.15) is 93.4 Å². The molecule has 9 nitrogen and oxygen atoms in total. The summed E-state index contributed by atoms with van der Waals surface area (Å²) in [6.45, 7) is 20.1. The summed E-state index contributed by atoms with van der Waals surface area (Å²) in [7, 11) is -0.845. The minimum atomic E-state index is -2.25. The molecule has 8 atom stereocenters. The van der Waals surface area contributed by atoms with Gasteiger partial charge in [-0.25, -0.2) is 0 Å². The average Bonchev–Trinajstić information content (AvgIpc) is 3.54. The van der Waals surface area contributed by atoms with E-state index >= 15 is 0 Å². The van der Waals surface area contributed by atoms with E-state index in [-0.39, 0.29) is 47.9 Å². The number of hydrogen-bond acceptors (Lipinski definition) is 9. The predicted molar refractivity (Wildman–Crippen MR) is 152 cm³/mol. The SMILES string of the molecule is CCC1(CC)O[C@H]2[C@@H](O1)[C@H]1O[C@@H](CC(=O)OC)CC[C@@H]1O[C@H]2[C@H](O[Si](C)(C)C(C)(C)C)[C@H]1COC(CC)(CC)O1. The molecule has 0 aromatic carbocycles. The van der Waals surface area contributed by atoms with Crippen molar-refractivity contribution in [1.82, 2.24) is 0 Å². The molecule has 0 bridgehead atoms. The minimum Gasteiger partial charge on any atom is -0.469 e. The molecule has 4 aliphatic heterocycles. The van der Waals surface area contributed by atoms with E-state index in [1.165, 1.54) is 7.11 Å². The molecule has 232 valence electrons. The van der Waals surface area contributed by atoms with Crippen LogP contribution >= 0.6 is 0 Å². The topological polar surface area (TPSA) is 90.9 Å². The molecule has 0 aromatic rings. The van der Waals surface area contributed by atoms with E-state index in [9.17, 15) is 4.79 Å². The average molecular weight is 587 g/mol. The van der Waals surface area contributed by atoms with Crippen LogP contribution in [0.3, 0.4) is 0 Å². The van der Waals surface area contributed by atoms with Gasteiger partial charge in [-0.2, -0.15) is 0 Å². The third-order valence-electron chi connectivity index (χ3n) is 10.1. The van der Waals surface area contributed by atoms with Crippen LogP contribution in [0.25, 0.3) is 0 Å². The molecule has 4 rings (SSSR count). The Kier molecular flexibility index (Phi) is 9.85. The van der Waals surface area contributed by atoms with E-state index in [4.69, 9.17) is 37.6 Å². The van der Waals surface area contributed by atoms with Gasteiger partial charge in [0.15, 0.2) is 19.9 Å². The number of methoxy groups -OCH3 is 1. The minimum absolute atomic E-state index is 0.00734. The van der Waals surface area contributed by atoms with Crippen molar-refractivity contribution in [3.05, 3.63) is 0 Å². The van der Waals surface area contributed by atoms with Crippen molar-refractivity contribution in [2.24, 2.45) is 0 Å². The van der Waals surface area contributed by atoms with Gasteiger partial charge in [0, 0.05) is 0 Å². The molecule has 10 heteroatoms. The molecule has 0 amide bonds. The Labute approximate surface area is 242 Å². The summed E-state index contributed by atoms with van der Waals surface area (Å²) in [5, 5.41) is -0.00734. The van der Waals surface area contributed by atoms with Gasteiger partial charge in [-0.05, 0) is 56.7 Å². The highest BCUT2D eigenvalue weighted by Crippen LogP contribution is 2.48. The largest absolute Gasteiger partial charge is 0.469 e. The number of carbonyl (C=O) groups excluding carboxylic acids is 1. The number of carbonyl (C=O) groups is 1. The van der Waals surface area contributed by atoms with Gasteiger partial charge in [-0.1, -0.05) is 48.5 Å². The molecule has 0 aliphatic carbocycles. The quantitative estimate of drug-likeness (QED) is 0.244. The lowest BCUT2D eigenvalue weighted by molar-refractivity contribution is -0.263. The van der Waals surface area contributed by atoms with Crippen molar-refractivity contribution in [3.8, 4) is 0 Å². The lowest BCUT2D eigenvalue weighted by Crippen LogP contribution is -2.65. The highest BCUT2D eigenvalue weighted by Gasteiger charge is 2.62. The second-order valence-electron chi connectivity index (χ2n) is 13.4. The van der Waals surface area contributed by atoms with Gasteiger partial charge in [0.2, 0.25) is 0 Å². The molecule has 0 unspecified atom stereocenters. The molecule has 0 radical (unpaired) electrons. The first-order valence-corrected chi connectivity index (χ1v) is 18.4. The molecule has 40 heavy (non-hydrogen) atoms. The standard InChI is InChI=1S/C30H54O9Si/c1-11-29(12-2)33-18-21(36-29)24(39-40(9,10)28(5,6)7)25-27-26(37-30(13-3,14-4)38-27)23-20(35-25)16-15-19(34-23)17-22(31)32-8/h19-21,23-27H,11-18H2,1-10H3/t19-,20+,21-,23+,24-,25+,26+,27-/m1/s1. The van der Waals surface area contributed by atoms with Gasteiger partial charge in [-0.15, -0.1) is 0 Å². The Morgan fingerprint density at radius 1 is 0.900 bits per heavy atom. The molecule has 4 fully saturated rings. The molecule has 0 saturated carbocycles. The zero-order valence-corrected chi connectivity index (χ0v) is 27.4. The van der Waals surface area contributed by atoms with Gasteiger partial charge in [0.05, 0.1) is 32.3 Å². The Morgan fingerprint density at radius 3 is 2.08 bits per heavy atom. The van der Waals surface area contributed by atoms with Crippen LogP contribution in [0.5, 0.6) is 0 Å². The maximum atomic E-state index is 12.0. The van der Waals surface area contributed by atoms with Crippen molar-refractivity contribution in [2.45, 2.75) is 172 Å². The van der Waals surface area contributed by atoms with Crippen LogP contribution in [0, 0.1) is 0 Å². The van der Waals surface area contributed by atoms with Gasteiger partial charge in [-0.3, -0.25) is 4.79 Å². The normalized spacial score (nSPS) is 36.1. The first-order valence-electron chi connectivity index (χ1n) is 15.5. The van der Waals surface area contributed by atoms with Gasteiger partial charge in [0.25, 0.3) is 0 Å². The number of rotatable bonds is 10.